The molecule has 0 bridgehead atoms. The van der Waals surface area contributed by atoms with Crippen LogP contribution in [0.4, 0.5) is 13.2 Å². The second kappa shape index (κ2) is 5.48. The van der Waals surface area contributed by atoms with E-state index in [0.717, 1.165) is 12.1 Å². The van der Waals surface area contributed by atoms with Crippen molar-refractivity contribution in [1.82, 2.24) is 5.32 Å². The number of alkyl halides is 3. The van der Waals surface area contributed by atoms with Crippen LogP contribution in [0.15, 0.2) is 24.3 Å². The number of aliphatic hydroxyl groups is 2. The summed E-state index contributed by atoms with van der Waals surface area (Å²) < 4.78 is 37.9. The molecule has 0 amide bonds. The summed E-state index contributed by atoms with van der Waals surface area (Å²) in [6, 6.07) is 4.67. The van der Waals surface area contributed by atoms with Gasteiger partial charge in [-0.05, 0) is 18.7 Å². The summed E-state index contributed by atoms with van der Waals surface area (Å²) in [6.07, 6.45) is -7.40. The van der Waals surface area contributed by atoms with Crippen LogP contribution < -0.4 is 5.32 Å². The largest absolute Gasteiger partial charge is 0.416 e. The lowest BCUT2D eigenvalue weighted by atomic mass is 9.98. The summed E-state index contributed by atoms with van der Waals surface area (Å²) >= 11 is 0. The summed E-state index contributed by atoms with van der Waals surface area (Å²) in [7, 11) is 1.53. The van der Waals surface area contributed by atoms with Crippen LogP contribution in [0, 0.1) is 0 Å². The monoisotopic (exact) mass is 249 g/mol. The molecule has 0 aliphatic rings. The maximum atomic E-state index is 12.6. The smallest absolute Gasteiger partial charge is 0.389 e. The average Bonchev–Trinajstić information content (AvgIpc) is 2.27. The molecule has 0 aromatic heterocycles. The first kappa shape index (κ1) is 14.0. The first-order valence-corrected chi connectivity index (χ1v) is 5.04. The van der Waals surface area contributed by atoms with Crippen molar-refractivity contribution in [3.8, 4) is 0 Å². The Morgan fingerprint density at radius 1 is 1.24 bits per heavy atom. The number of aliphatic hydroxyl groups excluding tert-OH is 2. The van der Waals surface area contributed by atoms with Gasteiger partial charge in [0.1, 0.15) is 6.10 Å². The van der Waals surface area contributed by atoms with Gasteiger partial charge < -0.3 is 15.5 Å². The molecule has 2 atom stereocenters. The minimum atomic E-state index is -4.54. The van der Waals surface area contributed by atoms with E-state index in [4.69, 9.17) is 0 Å². The second-order valence-electron chi connectivity index (χ2n) is 3.65. The highest BCUT2D eigenvalue weighted by Gasteiger charge is 2.35. The van der Waals surface area contributed by atoms with Gasteiger partial charge in [0.15, 0.2) is 0 Å². The van der Waals surface area contributed by atoms with Gasteiger partial charge in [-0.3, -0.25) is 0 Å². The van der Waals surface area contributed by atoms with Crippen LogP contribution in [-0.4, -0.2) is 29.9 Å². The van der Waals surface area contributed by atoms with E-state index in [2.05, 4.69) is 5.32 Å². The van der Waals surface area contributed by atoms with Crippen LogP contribution in [0.3, 0.4) is 0 Å². The predicted octanol–water partition coefficient (Wildman–Crippen LogP) is 1.32. The number of benzene rings is 1. The Morgan fingerprint density at radius 3 is 2.35 bits per heavy atom. The van der Waals surface area contributed by atoms with Crippen molar-refractivity contribution in [3.05, 3.63) is 35.4 Å². The molecule has 1 rings (SSSR count). The van der Waals surface area contributed by atoms with Crippen molar-refractivity contribution in [2.45, 2.75) is 18.4 Å². The lowest BCUT2D eigenvalue weighted by Crippen LogP contribution is -2.30. The maximum Gasteiger partial charge on any atom is 0.416 e. The van der Waals surface area contributed by atoms with E-state index in [-0.39, 0.29) is 12.1 Å². The van der Waals surface area contributed by atoms with Crippen molar-refractivity contribution in [3.63, 3.8) is 0 Å². The topological polar surface area (TPSA) is 52.5 Å². The van der Waals surface area contributed by atoms with E-state index < -0.39 is 23.9 Å². The molecule has 2 unspecified atom stereocenters. The van der Waals surface area contributed by atoms with Gasteiger partial charge in [-0.15, -0.1) is 0 Å². The average molecular weight is 249 g/mol. The van der Waals surface area contributed by atoms with E-state index in [9.17, 15) is 23.4 Å². The summed E-state index contributed by atoms with van der Waals surface area (Å²) in [5.41, 5.74) is -1.24. The molecule has 0 heterocycles. The van der Waals surface area contributed by atoms with Gasteiger partial charge in [-0.1, -0.05) is 18.2 Å². The summed E-state index contributed by atoms with van der Waals surface area (Å²) in [6.45, 7) is 0.00730. The summed E-state index contributed by atoms with van der Waals surface area (Å²) in [5, 5.41) is 21.7. The lowest BCUT2D eigenvalue weighted by molar-refractivity contribution is -0.139. The predicted molar refractivity (Wildman–Crippen MR) is 56.3 cm³/mol. The van der Waals surface area contributed by atoms with Crippen molar-refractivity contribution in [1.29, 1.82) is 0 Å². The maximum absolute atomic E-state index is 12.6. The van der Waals surface area contributed by atoms with Crippen LogP contribution in [0.1, 0.15) is 17.2 Å². The third-order valence-corrected chi connectivity index (χ3v) is 2.36. The molecule has 0 saturated carbocycles. The fraction of sp³-hybridized carbons (Fsp3) is 0.455. The zero-order valence-corrected chi connectivity index (χ0v) is 9.20. The molecular weight excluding hydrogens is 235 g/mol. The summed E-state index contributed by atoms with van der Waals surface area (Å²) in [4.78, 5) is 0. The molecule has 1 aromatic rings. The SMILES string of the molecule is CNCC(O)C(O)c1ccccc1C(F)(F)F. The molecule has 0 aliphatic carbocycles. The van der Waals surface area contributed by atoms with Gasteiger partial charge in [0.05, 0.1) is 11.7 Å². The molecule has 0 saturated heterocycles. The molecule has 1 aromatic carbocycles. The van der Waals surface area contributed by atoms with Gasteiger partial charge in [0.2, 0.25) is 0 Å². The van der Waals surface area contributed by atoms with E-state index >= 15 is 0 Å². The fourth-order valence-corrected chi connectivity index (χ4v) is 1.54. The summed E-state index contributed by atoms with van der Waals surface area (Å²) in [5.74, 6) is 0. The number of likely N-dealkylation sites (N-methyl/N-ethyl adjacent to an activating group) is 1. The van der Waals surface area contributed by atoms with Crippen molar-refractivity contribution < 1.29 is 23.4 Å². The number of halogens is 3. The van der Waals surface area contributed by atoms with Gasteiger partial charge >= 0.3 is 6.18 Å². The van der Waals surface area contributed by atoms with Gasteiger partial charge in [0.25, 0.3) is 0 Å². The number of hydrogen-bond donors (Lipinski definition) is 3. The fourth-order valence-electron chi connectivity index (χ4n) is 1.54. The Labute approximate surface area is 96.9 Å². The van der Waals surface area contributed by atoms with E-state index in [1.54, 1.807) is 0 Å². The third kappa shape index (κ3) is 3.42. The zero-order chi connectivity index (χ0) is 13.1. The molecule has 3 N–H and O–H groups in total. The molecule has 0 fully saturated rings. The normalized spacial score (nSPS) is 15.6. The van der Waals surface area contributed by atoms with Crippen LogP contribution in [0.25, 0.3) is 0 Å². The lowest BCUT2D eigenvalue weighted by Gasteiger charge is -2.21. The van der Waals surface area contributed by atoms with Crippen molar-refractivity contribution in [2.75, 3.05) is 13.6 Å². The van der Waals surface area contributed by atoms with Crippen LogP contribution >= 0.6 is 0 Å². The zero-order valence-electron chi connectivity index (χ0n) is 9.20. The molecule has 17 heavy (non-hydrogen) atoms. The molecule has 96 valence electrons. The van der Waals surface area contributed by atoms with Crippen molar-refractivity contribution in [2.24, 2.45) is 0 Å². The van der Waals surface area contributed by atoms with Gasteiger partial charge in [-0.2, -0.15) is 13.2 Å². The molecule has 0 radical (unpaired) electrons. The number of hydrogen-bond acceptors (Lipinski definition) is 3. The van der Waals surface area contributed by atoms with Gasteiger partial charge in [-0.25, -0.2) is 0 Å². The second-order valence-corrected chi connectivity index (χ2v) is 3.65. The Bertz CT molecular complexity index is 368. The first-order chi connectivity index (χ1) is 7.88. The highest BCUT2D eigenvalue weighted by molar-refractivity contribution is 5.32. The molecule has 0 aliphatic heterocycles. The molecule has 3 nitrogen and oxygen atoms in total. The first-order valence-electron chi connectivity index (χ1n) is 5.04. The molecule has 6 heteroatoms. The van der Waals surface area contributed by atoms with Gasteiger partial charge in [0, 0.05) is 6.54 Å². The number of nitrogens with one attached hydrogen (secondary N) is 1. The Balaban J connectivity index is 3.05. The standard InChI is InChI=1S/C11H14F3NO2/c1-15-6-9(16)10(17)7-4-2-3-5-8(7)11(12,13)14/h2-5,9-10,15-17H,6H2,1H3. The number of rotatable bonds is 4. The van der Waals surface area contributed by atoms with E-state index in [1.807, 2.05) is 0 Å². The minimum absolute atomic E-state index is 0.00730. The van der Waals surface area contributed by atoms with E-state index in [0.29, 0.717) is 0 Å². The Kier molecular flexibility index (Phi) is 4.50. The quantitative estimate of drug-likeness (QED) is 0.754. The third-order valence-electron chi connectivity index (χ3n) is 2.36. The molecule has 0 spiro atoms. The molecular formula is C11H14F3NO2. The Hall–Kier alpha value is -1.11. The minimum Gasteiger partial charge on any atom is -0.389 e. The van der Waals surface area contributed by atoms with Crippen LogP contribution in [0.5, 0.6) is 0 Å². The van der Waals surface area contributed by atoms with Crippen LogP contribution in [0.2, 0.25) is 0 Å². The highest BCUT2D eigenvalue weighted by atomic mass is 19.4. The van der Waals surface area contributed by atoms with E-state index in [1.165, 1.54) is 19.2 Å². The van der Waals surface area contributed by atoms with Crippen molar-refractivity contribution >= 4 is 0 Å². The highest BCUT2D eigenvalue weighted by Crippen LogP contribution is 2.35. The Morgan fingerprint density at radius 2 is 1.82 bits per heavy atom. The van der Waals surface area contributed by atoms with Crippen LogP contribution in [-0.2, 0) is 6.18 Å².